The van der Waals surface area contributed by atoms with Crippen LogP contribution < -0.4 is 0 Å². The molecule has 0 spiro atoms. The number of carbonyl (C=O) groups excluding carboxylic acids is 1. The Bertz CT molecular complexity index is 365. The maximum atomic E-state index is 10.9. The van der Waals surface area contributed by atoms with Gasteiger partial charge < -0.3 is 0 Å². The molecule has 0 saturated carbocycles. The van der Waals surface area contributed by atoms with Gasteiger partial charge in [-0.25, -0.2) is 0 Å². The fraction of sp³-hybridized carbons (Fsp3) is 0.111. The molecule has 60 valence electrons. The van der Waals surface area contributed by atoms with E-state index < -0.39 is 0 Å². The molecule has 0 fully saturated rings. The molecule has 1 rings (SSSR count). The van der Waals surface area contributed by atoms with Gasteiger partial charge in [-0.2, -0.15) is 5.26 Å². The molecule has 0 bridgehead atoms. The summed E-state index contributed by atoms with van der Waals surface area (Å²) < 4.78 is 0. The predicted molar refractivity (Wildman–Crippen MR) is 46.2 cm³/mol. The number of rotatable bonds is 1. The molecule has 0 atom stereocenters. The third-order valence-corrected chi connectivity index (χ3v) is 1.81. The van der Waals surface area contributed by atoms with Crippen LogP contribution in [0.5, 0.6) is 0 Å². The third kappa shape index (κ3) is 1.63. The van der Waals surface area contributed by atoms with Crippen LogP contribution >= 0.6 is 11.6 Å². The summed E-state index contributed by atoms with van der Waals surface area (Å²) in [4.78, 5) is 10.9. The fourth-order valence-electron chi connectivity index (χ4n) is 0.825. The highest BCUT2D eigenvalue weighted by atomic mass is 35.5. The lowest BCUT2D eigenvalue weighted by Gasteiger charge is -1.97. The first-order chi connectivity index (χ1) is 5.65. The topological polar surface area (TPSA) is 40.9 Å². The molecule has 0 aromatic heterocycles. The molecule has 1 aromatic rings. The molecule has 3 heteroatoms. The van der Waals surface area contributed by atoms with Crippen molar-refractivity contribution in [2.75, 3.05) is 0 Å². The Hall–Kier alpha value is -1.33. The Morgan fingerprint density at radius 3 is 2.67 bits per heavy atom. The fourth-order valence-corrected chi connectivity index (χ4v) is 1.05. The Labute approximate surface area is 75.4 Å². The Kier molecular flexibility index (Phi) is 2.47. The zero-order valence-electron chi connectivity index (χ0n) is 6.47. The van der Waals surface area contributed by atoms with Gasteiger partial charge in [0.05, 0.1) is 10.6 Å². The average Bonchev–Trinajstić information content (AvgIpc) is 2.04. The Morgan fingerprint density at radius 2 is 2.25 bits per heavy atom. The van der Waals surface area contributed by atoms with E-state index in [2.05, 4.69) is 0 Å². The van der Waals surface area contributed by atoms with Gasteiger partial charge in [-0.3, -0.25) is 4.79 Å². The van der Waals surface area contributed by atoms with E-state index in [0.717, 1.165) is 0 Å². The maximum absolute atomic E-state index is 10.9. The lowest BCUT2D eigenvalue weighted by Crippen LogP contribution is -1.91. The summed E-state index contributed by atoms with van der Waals surface area (Å²) >= 11 is 5.70. The number of hydrogen-bond acceptors (Lipinski definition) is 2. The number of ketones is 1. The molecule has 0 aliphatic carbocycles. The van der Waals surface area contributed by atoms with Crippen LogP contribution in [0.1, 0.15) is 22.8 Å². The lowest BCUT2D eigenvalue weighted by atomic mass is 10.1. The zero-order valence-corrected chi connectivity index (χ0v) is 7.22. The zero-order chi connectivity index (χ0) is 9.14. The number of carbonyl (C=O) groups is 1. The van der Waals surface area contributed by atoms with Crippen molar-refractivity contribution >= 4 is 17.4 Å². The summed E-state index contributed by atoms with van der Waals surface area (Å²) in [6, 6.07) is 6.55. The van der Waals surface area contributed by atoms with E-state index in [1.165, 1.54) is 13.0 Å². The van der Waals surface area contributed by atoms with Gasteiger partial charge in [0.2, 0.25) is 0 Å². The SMILES string of the molecule is CC(=O)c1ccc(C#N)c(Cl)c1. The monoisotopic (exact) mass is 179 g/mol. The molecule has 0 N–H and O–H groups in total. The van der Waals surface area contributed by atoms with E-state index >= 15 is 0 Å². The molecule has 0 saturated heterocycles. The van der Waals surface area contributed by atoms with Gasteiger partial charge in [-0.1, -0.05) is 17.7 Å². The van der Waals surface area contributed by atoms with E-state index in [9.17, 15) is 4.79 Å². The highest BCUT2D eigenvalue weighted by molar-refractivity contribution is 6.32. The molecule has 0 radical (unpaired) electrons. The van der Waals surface area contributed by atoms with Crippen LogP contribution in [0.4, 0.5) is 0 Å². The van der Waals surface area contributed by atoms with Crippen LogP contribution in [0.25, 0.3) is 0 Å². The molecule has 2 nitrogen and oxygen atoms in total. The quantitative estimate of drug-likeness (QED) is 0.622. The summed E-state index contributed by atoms with van der Waals surface area (Å²) in [5.74, 6) is -0.0543. The first-order valence-corrected chi connectivity index (χ1v) is 3.73. The van der Waals surface area contributed by atoms with E-state index in [1.807, 2.05) is 6.07 Å². The van der Waals surface area contributed by atoms with Crippen LogP contribution in [-0.2, 0) is 0 Å². The first kappa shape index (κ1) is 8.76. The van der Waals surface area contributed by atoms with Crippen LogP contribution in [0.15, 0.2) is 18.2 Å². The minimum absolute atomic E-state index is 0.0543. The van der Waals surface area contributed by atoms with E-state index in [-0.39, 0.29) is 5.78 Å². The van der Waals surface area contributed by atoms with Gasteiger partial charge in [0.25, 0.3) is 0 Å². The number of Topliss-reactive ketones (excluding diaryl/α,β-unsaturated/α-hetero) is 1. The van der Waals surface area contributed by atoms with Crippen molar-refractivity contribution in [2.24, 2.45) is 0 Å². The minimum Gasteiger partial charge on any atom is -0.295 e. The second-order valence-electron chi connectivity index (χ2n) is 2.36. The van der Waals surface area contributed by atoms with E-state index in [0.29, 0.717) is 16.1 Å². The number of nitriles is 1. The smallest absolute Gasteiger partial charge is 0.159 e. The van der Waals surface area contributed by atoms with Crippen LogP contribution in [0.3, 0.4) is 0 Å². The largest absolute Gasteiger partial charge is 0.295 e. The average molecular weight is 180 g/mol. The van der Waals surface area contributed by atoms with Crippen molar-refractivity contribution in [2.45, 2.75) is 6.92 Å². The Morgan fingerprint density at radius 1 is 1.58 bits per heavy atom. The van der Waals surface area contributed by atoms with Crippen LogP contribution in [0, 0.1) is 11.3 Å². The van der Waals surface area contributed by atoms with Gasteiger partial charge in [-0.15, -0.1) is 0 Å². The van der Waals surface area contributed by atoms with Crippen LogP contribution in [-0.4, -0.2) is 5.78 Å². The molecule has 12 heavy (non-hydrogen) atoms. The molecular formula is C9H6ClNO. The second-order valence-corrected chi connectivity index (χ2v) is 2.77. The highest BCUT2D eigenvalue weighted by Gasteiger charge is 2.03. The van der Waals surface area contributed by atoms with Gasteiger partial charge in [-0.05, 0) is 19.1 Å². The van der Waals surface area contributed by atoms with Crippen molar-refractivity contribution in [3.8, 4) is 6.07 Å². The van der Waals surface area contributed by atoms with E-state index in [1.54, 1.807) is 12.1 Å². The van der Waals surface area contributed by atoms with Gasteiger partial charge in [0.15, 0.2) is 5.78 Å². The predicted octanol–water partition coefficient (Wildman–Crippen LogP) is 2.41. The van der Waals surface area contributed by atoms with Crippen molar-refractivity contribution in [1.82, 2.24) is 0 Å². The number of nitrogens with zero attached hydrogens (tertiary/aromatic N) is 1. The summed E-state index contributed by atoms with van der Waals surface area (Å²) in [7, 11) is 0. The standard InChI is InChI=1S/C9H6ClNO/c1-6(12)7-2-3-8(5-11)9(10)4-7/h2-4H,1H3. The molecule has 0 amide bonds. The minimum atomic E-state index is -0.0543. The molecule has 0 unspecified atom stereocenters. The molecule has 0 aliphatic heterocycles. The highest BCUT2D eigenvalue weighted by Crippen LogP contribution is 2.16. The van der Waals surface area contributed by atoms with Crippen molar-refractivity contribution in [3.05, 3.63) is 34.3 Å². The van der Waals surface area contributed by atoms with Gasteiger partial charge >= 0.3 is 0 Å². The van der Waals surface area contributed by atoms with Crippen molar-refractivity contribution in [1.29, 1.82) is 5.26 Å². The molecule has 0 heterocycles. The Balaban J connectivity index is 3.21. The number of halogens is 1. The molecule has 1 aromatic carbocycles. The molecular weight excluding hydrogens is 174 g/mol. The van der Waals surface area contributed by atoms with E-state index in [4.69, 9.17) is 16.9 Å². The van der Waals surface area contributed by atoms with Crippen LogP contribution in [0.2, 0.25) is 5.02 Å². The summed E-state index contributed by atoms with van der Waals surface area (Å²) in [6.45, 7) is 1.46. The summed E-state index contributed by atoms with van der Waals surface area (Å²) in [5, 5.41) is 8.85. The third-order valence-electron chi connectivity index (χ3n) is 1.50. The second kappa shape index (κ2) is 3.38. The number of benzene rings is 1. The summed E-state index contributed by atoms with van der Waals surface area (Å²) in [6.07, 6.45) is 0. The lowest BCUT2D eigenvalue weighted by molar-refractivity contribution is 0.101. The number of hydrogen-bond donors (Lipinski definition) is 0. The van der Waals surface area contributed by atoms with Gasteiger partial charge in [0, 0.05) is 5.56 Å². The maximum Gasteiger partial charge on any atom is 0.159 e. The first-order valence-electron chi connectivity index (χ1n) is 3.35. The molecule has 0 aliphatic rings. The van der Waals surface area contributed by atoms with Gasteiger partial charge in [0.1, 0.15) is 6.07 Å². The normalized spacial score (nSPS) is 9.08. The van der Waals surface area contributed by atoms with Crippen molar-refractivity contribution in [3.63, 3.8) is 0 Å². The summed E-state index contributed by atoms with van der Waals surface area (Å²) in [5.41, 5.74) is 0.917. The van der Waals surface area contributed by atoms with Crippen molar-refractivity contribution < 1.29 is 4.79 Å².